The Kier molecular flexibility index (Phi) is 5.21. The Hall–Kier alpha value is -1.14. The molecule has 1 aromatic heterocycles. The highest BCUT2D eigenvalue weighted by Gasteiger charge is 2.12. The van der Waals surface area contributed by atoms with E-state index in [1.54, 1.807) is 19.2 Å². The van der Waals surface area contributed by atoms with Crippen molar-refractivity contribution in [3.63, 3.8) is 0 Å². The lowest BCUT2D eigenvalue weighted by atomic mass is 10.2. The van der Waals surface area contributed by atoms with Gasteiger partial charge < -0.3 is 15.0 Å². The standard InChI is InChI=1S/C10H16N2O3S/c1-3-15-9(13)7(2)4-11-5-8-6-16-10(14)12-8/h6-7,11H,3-5H2,1-2H3,(H,12,14). The molecule has 0 radical (unpaired) electrons. The fourth-order valence-electron chi connectivity index (χ4n) is 1.19. The van der Waals surface area contributed by atoms with Crippen LogP contribution >= 0.6 is 11.3 Å². The number of carbonyl (C=O) groups excluding carboxylic acids is 1. The molecule has 0 spiro atoms. The fourth-order valence-corrected chi connectivity index (χ4v) is 1.77. The van der Waals surface area contributed by atoms with Crippen molar-refractivity contribution in [1.82, 2.24) is 10.3 Å². The molecular formula is C10H16N2O3S. The molecule has 0 aliphatic carbocycles. The van der Waals surface area contributed by atoms with Gasteiger partial charge in [0.1, 0.15) is 0 Å². The molecule has 0 aliphatic rings. The number of H-pyrrole nitrogens is 1. The predicted octanol–water partition coefficient (Wildman–Crippen LogP) is 0.725. The van der Waals surface area contributed by atoms with Crippen molar-refractivity contribution < 1.29 is 9.53 Å². The third-order valence-corrected chi connectivity index (χ3v) is 2.74. The van der Waals surface area contributed by atoms with Gasteiger partial charge in [-0.05, 0) is 6.92 Å². The molecule has 0 saturated heterocycles. The number of rotatable bonds is 6. The molecule has 0 bridgehead atoms. The van der Waals surface area contributed by atoms with E-state index in [0.29, 0.717) is 19.7 Å². The van der Waals surface area contributed by atoms with Gasteiger partial charge in [0.2, 0.25) is 0 Å². The highest BCUT2D eigenvalue weighted by Crippen LogP contribution is 1.99. The van der Waals surface area contributed by atoms with E-state index in [-0.39, 0.29) is 16.8 Å². The lowest BCUT2D eigenvalue weighted by Gasteiger charge is -2.10. The lowest BCUT2D eigenvalue weighted by molar-refractivity contribution is -0.147. The van der Waals surface area contributed by atoms with Crippen LogP contribution in [-0.2, 0) is 16.1 Å². The number of esters is 1. The van der Waals surface area contributed by atoms with Gasteiger partial charge in [-0.2, -0.15) is 0 Å². The highest BCUT2D eigenvalue weighted by molar-refractivity contribution is 7.07. The predicted molar refractivity (Wildman–Crippen MR) is 62.4 cm³/mol. The summed E-state index contributed by atoms with van der Waals surface area (Å²) in [4.78, 5) is 24.7. The van der Waals surface area contributed by atoms with E-state index in [1.165, 1.54) is 0 Å². The Morgan fingerprint density at radius 3 is 3.00 bits per heavy atom. The van der Waals surface area contributed by atoms with E-state index >= 15 is 0 Å². The topological polar surface area (TPSA) is 71.2 Å². The number of aromatic nitrogens is 1. The van der Waals surface area contributed by atoms with Gasteiger partial charge in [-0.1, -0.05) is 18.3 Å². The SMILES string of the molecule is CCOC(=O)C(C)CNCc1csc(=O)[nH]1. The van der Waals surface area contributed by atoms with Crippen LogP contribution in [0, 0.1) is 5.92 Å². The van der Waals surface area contributed by atoms with Crippen molar-refractivity contribution in [2.75, 3.05) is 13.2 Å². The molecule has 90 valence electrons. The van der Waals surface area contributed by atoms with Gasteiger partial charge in [0.05, 0.1) is 12.5 Å². The monoisotopic (exact) mass is 244 g/mol. The van der Waals surface area contributed by atoms with Crippen molar-refractivity contribution in [2.45, 2.75) is 20.4 Å². The van der Waals surface area contributed by atoms with Crippen LogP contribution in [0.15, 0.2) is 10.2 Å². The van der Waals surface area contributed by atoms with Gasteiger partial charge in [-0.15, -0.1) is 0 Å². The second kappa shape index (κ2) is 6.44. The zero-order chi connectivity index (χ0) is 12.0. The quantitative estimate of drug-likeness (QED) is 0.724. The number of hydrogen-bond donors (Lipinski definition) is 2. The number of carbonyl (C=O) groups is 1. The van der Waals surface area contributed by atoms with E-state index < -0.39 is 0 Å². The van der Waals surface area contributed by atoms with Crippen molar-refractivity contribution in [3.05, 3.63) is 20.7 Å². The number of thiazole rings is 1. The number of hydrogen-bond acceptors (Lipinski definition) is 5. The van der Waals surface area contributed by atoms with E-state index in [2.05, 4.69) is 10.3 Å². The molecule has 5 nitrogen and oxygen atoms in total. The first-order valence-electron chi connectivity index (χ1n) is 5.17. The van der Waals surface area contributed by atoms with E-state index in [0.717, 1.165) is 17.0 Å². The summed E-state index contributed by atoms with van der Waals surface area (Å²) in [5, 5.41) is 4.86. The van der Waals surface area contributed by atoms with Gasteiger partial charge >= 0.3 is 10.8 Å². The number of aromatic amines is 1. The minimum Gasteiger partial charge on any atom is -0.466 e. The average molecular weight is 244 g/mol. The minimum absolute atomic E-state index is 0.0600. The van der Waals surface area contributed by atoms with Crippen LogP contribution in [0.4, 0.5) is 0 Å². The number of ether oxygens (including phenoxy) is 1. The van der Waals surface area contributed by atoms with Gasteiger partial charge in [-0.3, -0.25) is 9.59 Å². The second-order valence-corrected chi connectivity index (χ2v) is 4.30. The Morgan fingerprint density at radius 1 is 1.69 bits per heavy atom. The van der Waals surface area contributed by atoms with Crippen LogP contribution in [0.1, 0.15) is 19.5 Å². The normalized spacial score (nSPS) is 12.4. The van der Waals surface area contributed by atoms with Crippen LogP contribution in [0.25, 0.3) is 0 Å². The Balaban J connectivity index is 2.25. The Morgan fingerprint density at radius 2 is 2.44 bits per heavy atom. The van der Waals surface area contributed by atoms with Crippen molar-refractivity contribution in [3.8, 4) is 0 Å². The van der Waals surface area contributed by atoms with Gasteiger partial charge in [0.15, 0.2) is 0 Å². The van der Waals surface area contributed by atoms with E-state index in [9.17, 15) is 9.59 Å². The molecule has 0 aliphatic heterocycles. The van der Waals surface area contributed by atoms with Crippen molar-refractivity contribution in [2.24, 2.45) is 5.92 Å². The first-order valence-corrected chi connectivity index (χ1v) is 6.05. The van der Waals surface area contributed by atoms with Crippen LogP contribution in [-0.4, -0.2) is 24.1 Å². The van der Waals surface area contributed by atoms with Gasteiger partial charge in [-0.25, -0.2) is 0 Å². The largest absolute Gasteiger partial charge is 0.466 e. The summed E-state index contributed by atoms with van der Waals surface area (Å²) >= 11 is 1.13. The molecule has 16 heavy (non-hydrogen) atoms. The van der Waals surface area contributed by atoms with Gasteiger partial charge in [0, 0.05) is 24.2 Å². The molecule has 1 heterocycles. The molecule has 0 amide bonds. The van der Waals surface area contributed by atoms with E-state index in [4.69, 9.17) is 4.74 Å². The van der Waals surface area contributed by atoms with Crippen LogP contribution in [0.3, 0.4) is 0 Å². The maximum Gasteiger partial charge on any atom is 0.309 e. The summed E-state index contributed by atoms with van der Waals surface area (Å²) < 4.78 is 4.88. The third-order valence-electron chi connectivity index (χ3n) is 2.03. The number of nitrogens with one attached hydrogen (secondary N) is 2. The smallest absolute Gasteiger partial charge is 0.309 e. The molecule has 0 aromatic carbocycles. The highest BCUT2D eigenvalue weighted by atomic mass is 32.1. The molecular weight excluding hydrogens is 228 g/mol. The third kappa shape index (κ3) is 4.16. The second-order valence-electron chi connectivity index (χ2n) is 3.46. The molecule has 0 saturated carbocycles. The molecule has 1 atom stereocenters. The van der Waals surface area contributed by atoms with Crippen molar-refractivity contribution in [1.29, 1.82) is 0 Å². The maximum absolute atomic E-state index is 11.3. The summed E-state index contributed by atoms with van der Waals surface area (Å²) in [5.41, 5.74) is 0.839. The van der Waals surface area contributed by atoms with Crippen molar-refractivity contribution >= 4 is 17.3 Å². The summed E-state index contributed by atoms with van der Waals surface area (Å²) in [6, 6.07) is 0. The molecule has 0 fully saturated rings. The summed E-state index contributed by atoms with van der Waals surface area (Å²) in [5.74, 6) is -0.376. The average Bonchev–Trinajstić information content (AvgIpc) is 2.64. The fraction of sp³-hybridized carbons (Fsp3) is 0.600. The molecule has 2 N–H and O–H groups in total. The van der Waals surface area contributed by atoms with Crippen LogP contribution in [0.5, 0.6) is 0 Å². The maximum atomic E-state index is 11.3. The minimum atomic E-state index is -0.200. The lowest BCUT2D eigenvalue weighted by Crippen LogP contribution is -2.27. The molecule has 6 heteroatoms. The Labute approximate surface area is 97.8 Å². The molecule has 1 unspecified atom stereocenters. The first kappa shape index (κ1) is 12.9. The van der Waals surface area contributed by atoms with Gasteiger partial charge in [0.25, 0.3) is 0 Å². The van der Waals surface area contributed by atoms with E-state index in [1.807, 2.05) is 0 Å². The zero-order valence-electron chi connectivity index (χ0n) is 9.41. The Bertz CT molecular complexity index is 385. The molecule has 1 aromatic rings. The summed E-state index contributed by atoms with van der Waals surface area (Å²) in [6.45, 7) is 5.09. The van der Waals surface area contributed by atoms with Crippen LogP contribution < -0.4 is 10.2 Å². The van der Waals surface area contributed by atoms with Crippen LogP contribution in [0.2, 0.25) is 0 Å². The zero-order valence-corrected chi connectivity index (χ0v) is 10.2. The summed E-state index contributed by atoms with van der Waals surface area (Å²) in [6.07, 6.45) is 0. The summed E-state index contributed by atoms with van der Waals surface area (Å²) in [7, 11) is 0. The first-order chi connectivity index (χ1) is 7.63. The molecule has 1 rings (SSSR count).